The number of nitrogens with two attached hydrogens (primary N) is 1. The Hall–Kier alpha value is -1.75. The number of piperidine rings is 1. The van der Waals surface area contributed by atoms with Crippen molar-refractivity contribution >= 4 is 11.6 Å². The first-order valence-electron chi connectivity index (χ1n) is 6.77. The lowest BCUT2D eigenvalue weighted by Gasteiger charge is -2.39. The van der Waals surface area contributed by atoms with Crippen molar-refractivity contribution in [1.29, 1.82) is 0 Å². The number of methoxy groups -OCH3 is 2. The first kappa shape index (κ1) is 14.7. The van der Waals surface area contributed by atoms with E-state index in [-0.39, 0.29) is 11.5 Å². The maximum absolute atomic E-state index is 12.5. The molecule has 1 unspecified atom stereocenters. The smallest absolute Gasteiger partial charge is 0.254 e. The van der Waals surface area contributed by atoms with Gasteiger partial charge in [0.05, 0.1) is 18.4 Å². The summed E-state index contributed by atoms with van der Waals surface area (Å²) in [6, 6.07) is 5.14. The van der Waals surface area contributed by atoms with Gasteiger partial charge >= 0.3 is 0 Å². The Labute approximate surface area is 119 Å². The van der Waals surface area contributed by atoms with Crippen molar-refractivity contribution in [1.82, 2.24) is 4.90 Å². The first-order valence-corrected chi connectivity index (χ1v) is 6.77. The summed E-state index contributed by atoms with van der Waals surface area (Å²) in [6.07, 6.45) is 1.92. The number of anilines is 1. The second kappa shape index (κ2) is 5.71. The molecule has 2 N–H and O–H groups in total. The van der Waals surface area contributed by atoms with Gasteiger partial charge in [-0.05, 0) is 38.0 Å². The maximum atomic E-state index is 12.5. The maximum Gasteiger partial charge on any atom is 0.254 e. The van der Waals surface area contributed by atoms with Crippen LogP contribution < -0.4 is 10.5 Å². The lowest BCUT2D eigenvalue weighted by molar-refractivity contribution is -0.0440. The van der Waals surface area contributed by atoms with Crippen molar-refractivity contribution in [3.63, 3.8) is 0 Å². The van der Waals surface area contributed by atoms with Crippen LogP contribution >= 0.6 is 0 Å². The zero-order valence-corrected chi connectivity index (χ0v) is 12.3. The van der Waals surface area contributed by atoms with Crippen molar-refractivity contribution in [2.75, 3.05) is 33.0 Å². The average Bonchev–Trinajstić information content (AvgIpc) is 2.46. The molecule has 110 valence electrons. The van der Waals surface area contributed by atoms with Crippen LogP contribution in [0.4, 0.5) is 5.69 Å². The molecule has 0 bridgehead atoms. The number of hydrogen-bond donors (Lipinski definition) is 1. The third-order valence-electron chi connectivity index (χ3n) is 3.92. The molecule has 5 heteroatoms. The van der Waals surface area contributed by atoms with E-state index in [0.29, 0.717) is 23.5 Å². The predicted octanol–water partition coefficient (Wildman–Crippen LogP) is 1.92. The van der Waals surface area contributed by atoms with Crippen LogP contribution in [0.5, 0.6) is 5.75 Å². The summed E-state index contributed by atoms with van der Waals surface area (Å²) in [5.41, 5.74) is 6.66. The largest absolute Gasteiger partial charge is 0.495 e. The minimum Gasteiger partial charge on any atom is -0.495 e. The molecule has 0 spiro atoms. The fourth-order valence-electron chi connectivity index (χ4n) is 2.60. The number of amides is 1. The van der Waals surface area contributed by atoms with Gasteiger partial charge in [-0.1, -0.05) is 0 Å². The van der Waals surface area contributed by atoms with Crippen molar-refractivity contribution in [2.24, 2.45) is 0 Å². The number of likely N-dealkylation sites (tertiary alicyclic amines) is 1. The summed E-state index contributed by atoms with van der Waals surface area (Å²) in [5, 5.41) is 0. The van der Waals surface area contributed by atoms with Crippen LogP contribution in [0.25, 0.3) is 0 Å². The molecule has 20 heavy (non-hydrogen) atoms. The first-order chi connectivity index (χ1) is 9.49. The van der Waals surface area contributed by atoms with Crippen LogP contribution in [-0.4, -0.2) is 43.7 Å². The summed E-state index contributed by atoms with van der Waals surface area (Å²) < 4.78 is 10.6. The average molecular weight is 278 g/mol. The fourth-order valence-corrected chi connectivity index (χ4v) is 2.60. The highest BCUT2D eigenvalue weighted by molar-refractivity contribution is 5.95. The third-order valence-corrected chi connectivity index (χ3v) is 3.92. The van der Waals surface area contributed by atoms with Gasteiger partial charge in [0, 0.05) is 25.8 Å². The molecule has 0 aromatic heterocycles. The minimum atomic E-state index is -0.258. The molecule has 0 radical (unpaired) electrons. The van der Waals surface area contributed by atoms with E-state index >= 15 is 0 Å². The number of benzene rings is 1. The van der Waals surface area contributed by atoms with Crippen LogP contribution in [0.1, 0.15) is 30.1 Å². The van der Waals surface area contributed by atoms with Crippen LogP contribution in [0, 0.1) is 0 Å². The second-order valence-electron chi connectivity index (χ2n) is 5.44. The van der Waals surface area contributed by atoms with Gasteiger partial charge in [0.2, 0.25) is 0 Å². The van der Waals surface area contributed by atoms with Gasteiger partial charge in [-0.25, -0.2) is 0 Å². The topological polar surface area (TPSA) is 64.8 Å². The van der Waals surface area contributed by atoms with Crippen molar-refractivity contribution in [3.8, 4) is 5.75 Å². The standard InChI is InChI=1S/C15H22N2O3/c1-15(20-3)7-4-8-17(10-15)14(18)11-5-6-13(19-2)12(16)9-11/h5-6,9H,4,7-8,10,16H2,1-3H3. The van der Waals surface area contributed by atoms with E-state index in [1.807, 2.05) is 11.8 Å². The van der Waals surface area contributed by atoms with E-state index in [9.17, 15) is 4.79 Å². The molecule has 1 aliphatic heterocycles. The van der Waals surface area contributed by atoms with E-state index in [0.717, 1.165) is 19.4 Å². The molecule has 1 heterocycles. The number of nitrogen functional groups attached to an aromatic ring is 1. The number of carbonyl (C=O) groups excluding carboxylic acids is 1. The van der Waals surface area contributed by atoms with Gasteiger partial charge in [-0.2, -0.15) is 0 Å². The Kier molecular flexibility index (Phi) is 4.18. The summed E-state index contributed by atoms with van der Waals surface area (Å²) in [7, 11) is 3.25. The Morgan fingerprint density at radius 3 is 2.75 bits per heavy atom. The lowest BCUT2D eigenvalue weighted by atomic mass is 9.94. The molecule has 2 rings (SSSR count). The molecular formula is C15H22N2O3. The summed E-state index contributed by atoms with van der Waals surface area (Å²) >= 11 is 0. The van der Waals surface area contributed by atoms with Gasteiger partial charge in [0.25, 0.3) is 5.91 Å². The zero-order valence-electron chi connectivity index (χ0n) is 12.3. The Morgan fingerprint density at radius 2 is 2.15 bits per heavy atom. The number of carbonyl (C=O) groups is 1. The highest BCUT2D eigenvalue weighted by Crippen LogP contribution is 2.27. The van der Waals surface area contributed by atoms with E-state index in [1.54, 1.807) is 32.4 Å². The van der Waals surface area contributed by atoms with Crippen LogP contribution in [0.3, 0.4) is 0 Å². The van der Waals surface area contributed by atoms with E-state index in [1.165, 1.54) is 0 Å². The highest BCUT2D eigenvalue weighted by atomic mass is 16.5. The molecular weight excluding hydrogens is 256 g/mol. The van der Waals surface area contributed by atoms with Crippen LogP contribution in [-0.2, 0) is 4.74 Å². The van der Waals surface area contributed by atoms with E-state index in [2.05, 4.69) is 0 Å². The Balaban J connectivity index is 2.17. The Morgan fingerprint density at radius 1 is 1.40 bits per heavy atom. The molecule has 0 aliphatic carbocycles. The van der Waals surface area contributed by atoms with E-state index < -0.39 is 0 Å². The SMILES string of the molecule is COc1ccc(C(=O)N2CCCC(C)(OC)C2)cc1N. The molecule has 1 aromatic carbocycles. The highest BCUT2D eigenvalue weighted by Gasteiger charge is 2.33. The summed E-state index contributed by atoms with van der Waals surface area (Å²) in [6.45, 7) is 3.40. The second-order valence-corrected chi connectivity index (χ2v) is 5.44. The summed E-state index contributed by atoms with van der Waals surface area (Å²) in [5.74, 6) is 0.573. The minimum absolute atomic E-state index is 0.0117. The van der Waals surface area contributed by atoms with E-state index in [4.69, 9.17) is 15.2 Å². The number of ether oxygens (including phenoxy) is 2. The van der Waals surface area contributed by atoms with Gasteiger partial charge in [-0.15, -0.1) is 0 Å². The molecule has 1 atom stereocenters. The van der Waals surface area contributed by atoms with Gasteiger partial charge in [-0.3, -0.25) is 4.79 Å². The van der Waals surface area contributed by atoms with Crippen LogP contribution in [0.2, 0.25) is 0 Å². The monoisotopic (exact) mass is 278 g/mol. The fraction of sp³-hybridized carbons (Fsp3) is 0.533. The molecule has 1 aromatic rings. The van der Waals surface area contributed by atoms with Crippen LogP contribution in [0.15, 0.2) is 18.2 Å². The van der Waals surface area contributed by atoms with Crippen molar-refractivity contribution in [2.45, 2.75) is 25.4 Å². The Bertz CT molecular complexity index is 504. The van der Waals surface area contributed by atoms with Gasteiger partial charge < -0.3 is 20.1 Å². The van der Waals surface area contributed by atoms with Gasteiger partial charge in [0.15, 0.2) is 0 Å². The number of hydrogen-bond acceptors (Lipinski definition) is 4. The molecule has 1 aliphatic rings. The zero-order chi connectivity index (χ0) is 14.8. The lowest BCUT2D eigenvalue weighted by Crippen LogP contribution is -2.49. The third kappa shape index (κ3) is 2.88. The van der Waals surface area contributed by atoms with Crippen molar-refractivity contribution in [3.05, 3.63) is 23.8 Å². The van der Waals surface area contributed by atoms with Crippen molar-refractivity contribution < 1.29 is 14.3 Å². The van der Waals surface area contributed by atoms with Gasteiger partial charge in [0.1, 0.15) is 5.75 Å². The molecule has 5 nitrogen and oxygen atoms in total. The molecule has 0 saturated carbocycles. The predicted molar refractivity (Wildman–Crippen MR) is 78.0 cm³/mol. The number of nitrogens with zero attached hydrogens (tertiary/aromatic N) is 1. The normalized spacial score (nSPS) is 22.6. The molecule has 1 amide bonds. The molecule has 1 saturated heterocycles. The number of rotatable bonds is 3. The molecule has 1 fully saturated rings. The quantitative estimate of drug-likeness (QED) is 0.858. The summed E-state index contributed by atoms with van der Waals surface area (Å²) in [4.78, 5) is 14.4.